The van der Waals surface area contributed by atoms with Crippen LogP contribution in [-0.2, 0) is 22.4 Å². The molecule has 1 aliphatic heterocycles. The molecule has 0 saturated carbocycles. The number of anilines is 1. The van der Waals surface area contributed by atoms with Crippen LogP contribution < -0.4 is 11.1 Å². The van der Waals surface area contributed by atoms with Gasteiger partial charge in [-0.1, -0.05) is 25.1 Å². The minimum atomic E-state index is -0.737. The molecule has 3 N–H and O–H groups in total. The van der Waals surface area contributed by atoms with Crippen molar-refractivity contribution in [1.82, 2.24) is 9.88 Å². The molecule has 1 aromatic heterocycles. The number of nitrogens with one attached hydrogen (secondary N) is 1. The molecule has 0 unspecified atom stereocenters. The van der Waals surface area contributed by atoms with Crippen molar-refractivity contribution in [1.29, 1.82) is 0 Å². The molecule has 3 amide bonds. The van der Waals surface area contributed by atoms with E-state index in [0.29, 0.717) is 12.5 Å². The van der Waals surface area contributed by atoms with Crippen molar-refractivity contribution in [2.45, 2.75) is 45.1 Å². The normalized spacial score (nSPS) is 20.5. The highest BCUT2D eigenvalue weighted by Gasteiger charge is 2.34. The number of aromatic nitrogens is 1. The quantitative estimate of drug-likeness (QED) is 0.762. The van der Waals surface area contributed by atoms with Gasteiger partial charge in [-0.3, -0.25) is 19.4 Å². The van der Waals surface area contributed by atoms with Crippen molar-refractivity contribution in [3.8, 4) is 0 Å². The van der Waals surface area contributed by atoms with E-state index in [2.05, 4.69) is 35.4 Å². The van der Waals surface area contributed by atoms with Crippen molar-refractivity contribution in [3.63, 3.8) is 0 Å². The fourth-order valence-electron chi connectivity index (χ4n) is 4.48. The summed E-state index contributed by atoms with van der Waals surface area (Å²) in [7, 11) is 0. The molecule has 2 aromatic rings. The Morgan fingerprint density at radius 2 is 1.93 bits per heavy atom. The van der Waals surface area contributed by atoms with Gasteiger partial charge in [0.15, 0.2) is 0 Å². The van der Waals surface area contributed by atoms with E-state index in [4.69, 9.17) is 5.73 Å². The van der Waals surface area contributed by atoms with Crippen molar-refractivity contribution < 1.29 is 15.8 Å². The van der Waals surface area contributed by atoms with Crippen LogP contribution in [0.1, 0.15) is 60.7 Å². The molecular formula is C23H28N4O3. The third kappa shape index (κ3) is 4.06. The predicted octanol–water partition coefficient (Wildman–Crippen LogP) is 2.85. The molecule has 7 heteroatoms. The monoisotopic (exact) mass is 408 g/mol. The first-order chi connectivity index (χ1) is 14.4. The molecular weight excluding hydrogens is 380 g/mol. The summed E-state index contributed by atoms with van der Waals surface area (Å²) in [5.74, 6) is -1.63. The van der Waals surface area contributed by atoms with Crippen LogP contribution in [0.4, 0.5) is 5.69 Å². The first-order valence-corrected chi connectivity index (χ1v) is 10.4. The highest BCUT2D eigenvalue weighted by atomic mass is 16.2. The second-order valence-corrected chi connectivity index (χ2v) is 8.32. The minimum Gasteiger partial charge on any atom is -0.366 e. The van der Waals surface area contributed by atoms with E-state index in [1.165, 1.54) is 36.0 Å². The average Bonchev–Trinajstić information content (AvgIpc) is 3.21. The van der Waals surface area contributed by atoms with Crippen LogP contribution in [0.2, 0.25) is 0 Å². The average molecular weight is 409 g/mol. The largest absolute Gasteiger partial charge is 0.366 e. The number of nitrogens with two attached hydrogens (primary N) is 1. The van der Waals surface area contributed by atoms with E-state index in [1.54, 1.807) is 4.90 Å². The number of aryl methyl sites for hydroxylation is 2. The van der Waals surface area contributed by atoms with Crippen LogP contribution in [0, 0.1) is 5.92 Å². The number of hydrogen-bond acceptors (Lipinski definition) is 4. The van der Waals surface area contributed by atoms with Crippen molar-refractivity contribution in [2.75, 3.05) is 11.9 Å². The van der Waals surface area contributed by atoms with Gasteiger partial charge in [0.25, 0.3) is 0 Å². The Morgan fingerprint density at radius 1 is 1.13 bits per heavy atom. The molecule has 1 fully saturated rings. The fourth-order valence-corrected chi connectivity index (χ4v) is 4.48. The lowest BCUT2D eigenvalue weighted by atomic mass is 9.88. The predicted molar refractivity (Wildman–Crippen MR) is 115 cm³/mol. The minimum absolute atomic E-state index is 0. The SMILES string of the molecule is C[C@@H]1CC[C@@H](c2ccc3c(c2)CCC3)N(C(=O)C(=O)Nc2cncc(C(N)=O)c2)C1.[HH]. The molecule has 0 bridgehead atoms. The van der Waals surface area contributed by atoms with Crippen LogP contribution in [0.15, 0.2) is 36.7 Å². The summed E-state index contributed by atoms with van der Waals surface area (Å²) in [6.07, 6.45) is 7.90. The van der Waals surface area contributed by atoms with Crippen LogP contribution >= 0.6 is 0 Å². The Morgan fingerprint density at radius 3 is 2.73 bits per heavy atom. The number of primary amides is 1. The van der Waals surface area contributed by atoms with Gasteiger partial charge >= 0.3 is 11.8 Å². The standard InChI is InChI=1S/C23H26N4O3.H2/c1-14-5-8-20(17-7-6-15-3-2-4-16(15)9-17)27(13-14)23(30)22(29)26-19-10-18(21(24)28)11-25-12-19;/h6-7,9-12,14,20H,2-5,8,13H2,1H3,(H2,24,28)(H,26,29);1H/t14-,20+;/m1./s1. The number of carbonyl (C=O) groups is 3. The lowest BCUT2D eigenvalue weighted by Crippen LogP contribution is -2.46. The summed E-state index contributed by atoms with van der Waals surface area (Å²) >= 11 is 0. The maximum atomic E-state index is 13.1. The Bertz CT molecular complexity index is 1010. The van der Waals surface area contributed by atoms with Gasteiger partial charge in [-0.2, -0.15) is 0 Å². The Labute approximate surface area is 177 Å². The van der Waals surface area contributed by atoms with E-state index in [-0.39, 0.29) is 18.7 Å². The first kappa shape index (κ1) is 20.1. The summed E-state index contributed by atoms with van der Waals surface area (Å²) in [4.78, 5) is 42.7. The van der Waals surface area contributed by atoms with E-state index in [0.717, 1.165) is 31.2 Å². The second kappa shape index (κ2) is 8.26. The Kier molecular flexibility index (Phi) is 5.53. The zero-order chi connectivity index (χ0) is 21.3. The summed E-state index contributed by atoms with van der Waals surface area (Å²) in [5, 5.41) is 2.56. The smallest absolute Gasteiger partial charge is 0.313 e. The summed E-state index contributed by atoms with van der Waals surface area (Å²) < 4.78 is 0. The number of amides is 3. The number of rotatable bonds is 3. The third-order valence-corrected chi connectivity index (χ3v) is 6.06. The Hall–Kier alpha value is -3.22. The van der Waals surface area contributed by atoms with E-state index in [9.17, 15) is 14.4 Å². The third-order valence-electron chi connectivity index (χ3n) is 6.06. The van der Waals surface area contributed by atoms with Crippen LogP contribution in [0.3, 0.4) is 0 Å². The molecule has 30 heavy (non-hydrogen) atoms. The highest BCUT2D eigenvalue weighted by molar-refractivity contribution is 6.39. The van der Waals surface area contributed by atoms with Gasteiger partial charge < -0.3 is 16.0 Å². The van der Waals surface area contributed by atoms with E-state index >= 15 is 0 Å². The van der Waals surface area contributed by atoms with Crippen LogP contribution in [-0.4, -0.2) is 34.2 Å². The number of likely N-dealkylation sites (tertiary alicyclic amines) is 1. The summed E-state index contributed by atoms with van der Waals surface area (Å²) in [6.45, 7) is 2.63. The van der Waals surface area contributed by atoms with E-state index in [1.807, 2.05) is 0 Å². The molecule has 2 heterocycles. The van der Waals surface area contributed by atoms with E-state index < -0.39 is 17.7 Å². The summed E-state index contributed by atoms with van der Waals surface area (Å²) in [5.41, 5.74) is 9.54. The zero-order valence-corrected chi connectivity index (χ0v) is 17.1. The number of carbonyl (C=O) groups excluding carboxylic acids is 3. The maximum absolute atomic E-state index is 13.1. The number of piperidine rings is 1. The fraction of sp³-hybridized carbons (Fsp3) is 0.391. The first-order valence-electron chi connectivity index (χ1n) is 10.4. The molecule has 2 atom stereocenters. The lowest BCUT2D eigenvalue weighted by molar-refractivity contribution is -0.146. The molecule has 7 nitrogen and oxygen atoms in total. The number of fused-ring (bicyclic) bond motifs is 1. The van der Waals surface area contributed by atoms with Gasteiger partial charge in [0.1, 0.15) is 0 Å². The van der Waals surface area contributed by atoms with Gasteiger partial charge in [0.2, 0.25) is 5.91 Å². The number of hydrogen-bond donors (Lipinski definition) is 2. The maximum Gasteiger partial charge on any atom is 0.313 e. The topological polar surface area (TPSA) is 105 Å². The van der Waals surface area contributed by atoms with Gasteiger partial charge in [0.05, 0.1) is 23.5 Å². The van der Waals surface area contributed by atoms with Gasteiger partial charge in [-0.25, -0.2) is 0 Å². The van der Waals surface area contributed by atoms with Gasteiger partial charge in [-0.15, -0.1) is 0 Å². The van der Waals surface area contributed by atoms with Crippen LogP contribution in [0.5, 0.6) is 0 Å². The molecule has 2 aliphatic rings. The molecule has 0 spiro atoms. The van der Waals surface area contributed by atoms with Crippen molar-refractivity contribution in [2.24, 2.45) is 11.7 Å². The number of benzene rings is 1. The number of nitrogens with zero attached hydrogens (tertiary/aromatic N) is 2. The molecule has 0 radical (unpaired) electrons. The Balaban J connectivity index is 0.00000272. The van der Waals surface area contributed by atoms with Gasteiger partial charge in [-0.05, 0) is 60.8 Å². The molecule has 1 saturated heterocycles. The van der Waals surface area contributed by atoms with Crippen molar-refractivity contribution >= 4 is 23.4 Å². The van der Waals surface area contributed by atoms with Gasteiger partial charge in [0, 0.05) is 14.2 Å². The van der Waals surface area contributed by atoms with Crippen LogP contribution in [0.25, 0.3) is 0 Å². The highest BCUT2D eigenvalue weighted by Crippen LogP contribution is 2.35. The molecule has 1 aromatic carbocycles. The molecule has 158 valence electrons. The zero-order valence-electron chi connectivity index (χ0n) is 17.1. The summed E-state index contributed by atoms with van der Waals surface area (Å²) in [6, 6.07) is 7.78. The van der Waals surface area contributed by atoms with Crippen molar-refractivity contribution in [3.05, 3.63) is 58.9 Å². The lowest BCUT2D eigenvalue weighted by Gasteiger charge is -2.38. The molecule has 1 aliphatic carbocycles. The second-order valence-electron chi connectivity index (χ2n) is 8.32. The molecule has 4 rings (SSSR count). The number of pyridine rings is 1.